The van der Waals surface area contributed by atoms with Crippen LogP contribution in [0.3, 0.4) is 0 Å². The summed E-state index contributed by atoms with van der Waals surface area (Å²) in [6.07, 6.45) is 0.344. The Morgan fingerprint density at radius 3 is 2.60 bits per heavy atom. The van der Waals surface area contributed by atoms with E-state index in [-0.39, 0.29) is 11.9 Å². The van der Waals surface area contributed by atoms with Crippen molar-refractivity contribution in [1.82, 2.24) is 5.32 Å². The molecule has 1 heterocycles. The number of fused-ring (bicyclic) bond motifs is 1. The molecular formula is C16H16N2O2. The van der Waals surface area contributed by atoms with Crippen LogP contribution in [-0.4, -0.2) is 18.5 Å². The van der Waals surface area contributed by atoms with E-state index in [9.17, 15) is 9.59 Å². The normalized spacial score (nSPS) is 15.6. The number of nitrogens with zero attached hydrogens (tertiary/aromatic N) is 1. The number of imide groups is 1. The van der Waals surface area contributed by atoms with Crippen molar-refractivity contribution in [3.05, 3.63) is 41.5 Å². The van der Waals surface area contributed by atoms with E-state index in [0.29, 0.717) is 13.0 Å². The number of rotatable bonds is 1. The van der Waals surface area contributed by atoms with Crippen LogP contribution in [0.5, 0.6) is 0 Å². The predicted molar refractivity (Wildman–Crippen MR) is 78.9 cm³/mol. The number of aryl methyl sites for hydroxylation is 2. The van der Waals surface area contributed by atoms with Crippen molar-refractivity contribution in [2.75, 3.05) is 11.4 Å². The van der Waals surface area contributed by atoms with Crippen LogP contribution in [0.1, 0.15) is 17.5 Å². The summed E-state index contributed by atoms with van der Waals surface area (Å²) in [5, 5.41) is 4.67. The lowest BCUT2D eigenvalue weighted by atomic mass is 10.0. The first kappa shape index (κ1) is 12.7. The number of hydrogen-bond acceptors (Lipinski definition) is 2. The monoisotopic (exact) mass is 268 g/mol. The van der Waals surface area contributed by atoms with Gasteiger partial charge in [0.1, 0.15) is 0 Å². The second-order valence-corrected chi connectivity index (χ2v) is 5.19. The summed E-state index contributed by atoms with van der Waals surface area (Å²) in [7, 11) is 0. The molecule has 2 aromatic carbocycles. The fraction of sp³-hybridized carbons (Fsp3) is 0.250. The maximum absolute atomic E-state index is 12.0. The molecule has 0 aliphatic carbocycles. The standard InChI is InChI=1S/C16H16N2O2/c1-10-3-4-12-5-6-14(11(2)13(12)9-10)18-8-7-15(19)17-16(18)20/h3-6,9H,7-8H2,1-2H3,(H,17,19,20). The second-order valence-electron chi connectivity index (χ2n) is 5.19. The number of carbonyl (C=O) groups is 2. The van der Waals surface area contributed by atoms with Gasteiger partial charge in [0.15, 0.2) is 0 Å². The van der Waals surface area contributed by atoms with Gasteiger partial charge in [-0.25, -0.2) is 4.79 Å². The molecule has 4 heteroatoms. The van der Waals surface area contributed by atoms with Crippen molar-refractivity contribution in [3.8, 4) is 0 Å². The molecule has 0 spiro atoms. The highest BCUT2D eigenvalue weighted by atomic mass is 16.2. The highest BCUT2D eigenvalue weighted by Gasteiger charge is 2.25. The van der Waals surface area contributed by atoms with Crippen molar-refractivity contribution in [1.29, 1.82) is 0 Å². The largest absolute Gasteiger partial charge is 0.328 e. The van der Waals surface area contributed by atoms with Crippen LogP contribution in [0, 0.1) is 13.8 Å². The maximum atomic E-state index is 12.0. The van der Waals surface area contributed by atoms with Crippen LogP contribution in [0.2, 0.25) is 0 Å². The van der Waals surface area contributed by atoms with Crippen LogP contribution < -0.4 is 10.2 Å². The molecule has 3 amide bonds. The topological polar surface area (TPSA) is 49.4 Å². The smallest absolute Gasteiger partial charge is 0.293 e. The average Bonchev–Trinajstić information content (AvgIpc) is 2.41. The summed E-state index contributed by atoms with van der Waals surface area (Å²) in [6.45, 7) is 4.50. The third-order valence-electron chi connectivity index (χ3n) is 3.76. The van der Waals surface area contributed by atoms with Gasteiger partial charge in [-0.05, 0) is 36.2 Å². The maximum Gasteiger partial charge on any atom is 0.328 e. The molecule has 0 atom stereocenters. The molecule has 0 radical (unpaired) electrons. The minimum atomic E-state index is -0.337. The number of anilines is 1. The number of benzene rings is 2. The van der Waals surface area contributed by atoms with Crippen LogP contribution in [0.4, 0.5) is 10.5 Å². The third kappa shape index (κ3) is 2.03. The van der Waals surface area contributed by atoms with E-state index in [2.05, 4.69) is 30.4 Å². The SMILES string of the molecule is Cc1ccc2ccc(N3CCC(=O)NC3=O)c(C)c2c1. The van der Waals surface area contributed by atoms with Gasteiger partial charge in [0.25, 0.3) is 0 Å². The number of amides is 3. The first-order valence-corrected chi connectivity index (χ1v) is 6.67. The average molecular weight is 268 g/mol. The van der Waals surface area contributed by atoms with Gasteiger partial charge >= 0.3 is 6.03 Å². The molecule has 0 unspecified atom stereocenters. The van der Waals surface area contributed by atoms with Gasteiger partial charge < -0.3 is 0 Å². The van der Waals surface area contributed by atoms with E-state index in [4.69, 9.17) is 0 Å². The highest BCUT2D eigenvalue weighted by Crippen LogP contribution is 2.29. The molecule has 3 rings (SSSR count). The highest BCUT2D eigenvalue weighted by molar-refractivity contribution is 6.07. The third-order valence-corrected chi connectivity index (χ3v) is 3.76. The van der Waals surface area contributed by atoms with Gasteiger partial charge in [0, 0.05) is 18.7 Å². The molecule has 0 saturated carbocycles. The number of nitrogens with one attached hydrogen (secondary N) is 1. The van der Waals surface area contributed by atoms with Crippen LogP contribution in [0.15, 0.2) is 30.3 Å². The van der Waals surface area contributed by atoms with Crippen molar-refractivity contribution in [3.63, 3.8) is 0 Å². The van der Waals surface area contributed by atoms with Crippen molar-refractivity contribution in [2.24, 2.45) is 0 Å². The van der Waals surface area contributed by atoms with E-state index < -0.39 is 0 Å². The van der Waals surface area contributed by atoms with Gasteiger partial charge in [-0.1, -0.05) is 29.8 Å². The van der Waals surface area contributed by atoms with E-state index >= 15 is 0 Å². The Kier molecular flexibility index (Phi) is 2.93. The molecule has 1 N–H and O–H groups in total. The molecule has 2 aromatic rings. The Bertz CT molecular complexity index is 722. The summed E-state index contributed by atoms with van der Waals surface area (Å²) in [4.78, 5) is 24.8. The lowest BCUT2D eigenvalue weighted by Gasteiger charge is -2.28. The van der Waals surface area contributed by atoms with Gasteiger partial charge in [-0.15, -0.1) is 0 Å². The Labute approximate surface area is 117 Å². The number of hydrogen-bond donors (Lipinski definition) is 1. The zero-order valence-corrected chi connectivity index (χ0v) is 11.6. The van der Waals surface area contributed by atoms with Crippen LogP contribution in [0.25, 0.3) is 10.8 Å². The lowest BCUT2D eigenvalue weighted by molar-refractivity contribution is -0.120. The Morgan fingerprint density at radius 1 is 1.10 bits per heavy atom. The fourth-order valence-corrected chi connectivity index (χ4v) is 2.66. The molecule has 0 bridgehead atoms. The van der Waals surface area contributed by atoms with Crippen molar-refractivity contribution >= 4 is 28.4 Å². The molecule has 20 heavy (non-hydrogen) atoms. The molecule has 1 aliphatic rings. The van der Waals surface area contributed by atoms with E-state index in [1.54, 1.807) is 4.90 Å². The Hall–Kier alpha value is -2.36. The van der Waals surface area contributed by atoms with Gasteiger partial charge in [-0.2, -0.15) is 0 Å². The van der Waals surface area contributed by atoms with Gasteiger partial charge in [-0.3, -0.25) is 15.0 Å². The minimum absolute atomic E-state index is 0.208. The zero-order valence-electron chi connectivity index (χ0n) is 11.6. The lowest BCUT2D eigenvalue weighted by Crippen LogP contribution is -2.49. The molecule has 1 fully saturated rings. The summed E-state index contributed by atoms with van der Waals surface area (Å²) in [5.74, 6) is -0.208. The molecular weight excluding hydrogens is 252 g/mol. The van der Waals surface area contributed by atoms with Crippen LogP contribution >= 0.6 is 0 Å². The van der Waals surface area contributed by atoms with Gasteiger partial charge in [0.2, 0.25) is 5.91 Å². The first-order chi connectivity index (χ1) is 9.56. The van der Waals surface area contributed by atoms with E-state index in [1.807, 2.05) is 19.1 Å². The molecule has 4 nitrogen and oxygen atoms in total. The minimum Gasteiger partial charge on any atom is -0.293 e. The van der Waals surface area contributed by atoms with Crippen molar-refractivity contribution in [2.45, 2.75) is 20.3 Å². The van der Waals surface area contributed by atoms with E-state index in [0.717, 1.165) is 22.0 Å². The van der Waals surface area contributed by atoms with Gasteiger partial charge in [0.05, 0.1) is 0 Å². The molecule has 102 valence electrons. The zero-order chi connectivity index (χ0) is 14.3. The molecule has 1 aliphatic heterocycles. The van der Waals surface area contributed by atoms with Crippen LogP contribution in [-0.2, 0) is 4.79 Å². The number of urea groups is 1. The van der Waals surface area contributed by atoms with E-state index in [1.165, 1.54) is 5.56 Å². The molecule has 1 saturated heterocycles. The molecule has 0 aromatic heterocycles. The van der Waals surface area contributed by atoms with Crippen molar-refractivity contribution < 1.29 is 9.59 Å². The fourth-order valence-electron chi connectivity index (χ4n) is 2.66. The second kappa shape index (κ2) is 4.63. The summed E-state index contributed by atoms with van der Waals surface area (Å²) >= 11 is 0. The number of carbonyl (C=O) groups excluding carboxylic acids is 2. The Morgan fingerprint density at radius 2 is 1.85 bits per heavy atom. The summed E-state index contributed by atoms with van der Waals surface area (Å²) in [5.41, 5.74) is 3.12. The quantitative estimate of drug-likeness (QED) is 0.864. The first-order valence-electron chi connectivity index (χ1n) is 6.67. The summed E-state index contributed by atoms with van der Waals surface area (Å²) < 4.78 is 0. The summed E-state index contributed by atoms with van der Waals surface area (Å²) in [6, 6.07) is 9.91. The predicted octanol–water partition coefficient (Wildman–Crippen LogP) is 2.90. The Balaban J connectivity index is 2.10.